The van der Waals surface area contributed by atoms with Gasteiger partial charge in [-0.15, -0.1) is 6.42 Å². The minimum absolute atomic E-state index is 0.0517. The summed E-state index contributed by atoms with van der Waals surface area (Å²) in [6.45, 7) is 0.773. The summed E-state index contributed by atoms with van der Waals surface area (Å²) in [5.41, 5.74) is 2.92. The Balaban J connectivity index is 1.55. The molecule has 3 amide bonds. The Morgan fingerprint density at radius 1 is 1.23 bits per heavy atom. The second-order valence-corrected chi connectivity index (χ2v) is 6.43. The molecule has 0 radical (unpaired) electrons. The van der Waals surface area contributed by atoms with Crippen LogP contribution in [0.2, 0.25) is 0 Å². The Hall–Kier alpha value is -3.33. The molecule has 2 aliphatic heterocycles. The van der Waals surface area contributed by atoms with Crippen molar-refractivity contribution in [1.29, 1.82) is 0 Å². The molecule has 2 aromatic rings. The lowest BCUT2D eigenvalue weighted by Gasteiger charge is -2.30. The molecule has 1 aromatic carbocycles. The predicted octanol–water partition coefficient (Wildman–Crippen LogP) is 3.39. The van der Waals surface area contributed by atoms with Gasteiger partial charge in [0, 0.05) is 35.1 Å². The molecule has 0 aliphatic carbocycles. The van der Waals surface area contributed by atoms with Crippen LogP contribution in [-0.4, -0.2) is 28.4 Å². The molecule has 0 spiro atoms. The van der Waals surface area contributed by atoms with Crippen molar-refractivity contribution in [2.24, 2.45) is 0 Å². The van der Waals surface area contributed by atoms with Crippen LogP contribution in [0.1, 0.15) is 46.8 Å². The smallest absolute Gasteiger partial charge is 0.324 e. The van der Waals surface area contributed by atoms with E-state index in [-0.39, 0.29) is 11.9 Å². The van der Waals surface area contributed by atoms with Gasteiger partial charge in [-0.2, -0.15) is 0 Å². The zero-order valence-electron chi connectivity index (χ0n) is 14.2. The summed E-state index contributed by atoms with van der Waals surface area (Å²) >= 11 is 0. The highest BCUT2D eigenvalue weighted by Gasteiger charge is 2.39. The highest BCUT2D eigenvalue weighted by molar-refractivity contribution is 6.04. The van der Waals surface area contributed by atoms with Gasteiger partial charge in [0.15, 0.2) is 0 Å². The first-order valence-electron chi connectivity index (χ1n) is 8.62. The van der Waals surface area contributed by atoms with E-state index in [0.717, 1.165) is 31.4 Å². The summed E-state index contributed by atoms with van der Waals surface area (Å²) < 4.78 is 0. The molecule has 2 aliphatic rings. The maximum atomic E-state index is 12.6. The third-order valence-electron chi connectivity index (χ3n) is 4.85. The lowest BCUT2D eigenvalue weighted by atomic mass is 9.96. The highest BCUT2D eigenvalue weighted by Crippen LogP contribution is 2.43. The van der Waals surface area contributed by atoms with E-state index in [9.17, 15) is 9.59 Å². The highest BCUT2D eigenvalue weighted by atomic mass is 16.2. The number of hydrogen-bond donors (Lipinski definition) is 2. The minimum Gasteiger partial charge on any atom is -0.331 e. The quantitative estimate of drug-likeness (QED) is 0.819. The van der Waals surface area contributed by atoms with Gasteiger partial charge in [0.2, 0.25) is 0 Å². The number of fused-ring (bicyclic) bond motifs is 3. The first-order chi connectivity index (χ1) is 12.7. The number of nitrogens with one attached hydrogen (secondary N) is 2. The zero-order chi connectivity index (χ0) is 18.1. The predicted molar refractivity (Wildman–Crippen MR) is 98.9 cm³/mol. The van der Waals surface area contributed by atoms with Gasteiger partial charge in [0.1, 0.15) is 5.82 Å². The number of amides is 3. The van der Waals surface area contributed by atoms with Gasteiger partial charge in [-0.05, 0) is 43.5 Å². The Labute approximate surface area is 151 Å². The van der Waals surface area contributed by atoms with Gasteiger partial charge in [0.25, 0.3) is 5.91 Å². The van der Waals surface area contributed by atoms with Crippen molar-refractivity contribution in [3.8, 4) is 12.3 Å². The summed E-state index contributed by atoms with van der Waals surface area (Å²) in [7, 11) is 0. The van der Waals surface area contributed by atoms with E-state index in [0.29, 0.717) is 22.6 Å². The Kier molecular flexibility index (Phi) is 4.05. The second kappa shape index (κ2) is 6.52. The van der Waals surface area contributed by atoms with E-state index in [1.807, 2.05) is 17.0 Å². The van der Waals surface area contributed by atoms with Crippen LogP contribution in [0, 0.1) is 12.3 Å². The Morgan fingerprint density at radius 2 is 2.12 bits per heavy atom. The largest absolute Gasteiger partial charge is 0.331 e. The molecule has 2 N–H and O–H groups in total. The number of pyridine rings is 1. The van der Waals surface area contributed by atoms with Gasteiger partial charge in [-0.25, -0.2) is 9.78 Å². The first kappa shape index (κ1) is 16.2. The minimum atomic E-state index is -0.402. The van der Waals surface area contributed by atoms with Gasteiger partial charge >= 0.3 is 6.03 Å². The molecule has 6 nitrogen and oxygen atoms in total. The molecular formula is C20H18N4O2. The zero-order valence-corrected chi connectivity index (χ0v) is 14.2. The molecule has 130 valence electrons. The summed E-state index contributed by atoms with van der Waals surface area (Å²) in [5, 5.41) is 5.55. The normalized spacial score (nSPS) is 17.9. The van der Waals surface area contributed by atoms with Crippen molar-refractivity contribution in [1.82, 2.24) is 9.88 Å². The molecular weight excluding hydrogens is 328 g/mol. The van der Waals surface area contributed by atoms with Crippen LogP contribution >= 0.6 is 0 Å². The number of benzene rings is 1. The van der Waals surface area contributed by atoms with Crippen molar-refractivity contribution in [3.63, 3.8) is 0 Å². The first-order valence-corrected chi connectivity index (χ1v) is 8.62. The van der Waals surface area contributed by atoms with Crippen LogP contribution in [0.15, 0.2) is 36.5 Å². The van der Waals surface area contributed by atoms with Crippen LogP contribution in [-0.2, 0) is 0 Å². The van der Waals surface area contributed by atoms with Gasteiger partial charge in [0.05, 0.1) is 6.04 Å². The monoisotopic (exact) mass is 346 g/mol. The van der Waals surface area contributed by atoms with E-state index in [1.165, 1.54) is 6.20 Å². The SMILES string of the molecule is C#Cc1ccc(NC(=O)Nc2cccc3c2C2CCCCN2C3=O)nc1. The van der Waals surface area contributed by atoms with Crippen LogP contribution < -0.4 is 10.6 Å². The Bertz CT molecular complexity index is 914. The molecule has 1 aromatic heterocycles. The summed E-state index contributed by atoms with van der Waals surface area (Å²) in [6.07, 6.45) is 9.86. The van der Waals surface area contributed by atoms with Gasteiger partial charge in [-0.3, -0.25) is 10.1 Å². The average molecular weight is 346 g/mol. The lowest BCUT2D eigenvalue weighted by Crippen LogP contribution is -2.32. The molecule has 1 atom stereocenters. The second-order valence-electron chi connectivity index (χ2n) is 6.43. The van der Waals surface area contributed by atoms with E-state index in [4.69, 9.17) is 6.42 Å². The molecule has 1 unspecified atom stereocenters. The van der Waals surface area contributed by atoms with Crippen LogP contribution in [0.5, 0.6) is 0 Å². The molecule has 0 saturated carbocycles. The topological polar surface area (TPSA) is 74.3 Å². The van der Waals surface area contributed by atoms with Crippen molar-refractivity contribution in [3.05, 3.63) is 53.2 Å². The Morgan fingerprint density at radius 3 is 2.88 bits per heavy atom. The van der Waals surface area contributed by atoms with Crippen LogP contribution in [0.25, 0.3) is 0 Å². The van der Waals surface area contributed by atoms with Crippen molar-refractivity contribution in [2.75, 3.05) is 17.2 Å². The molecule has 3 heterocycles. The number of terminal acetylenes is 1. The fourth-order valence-corrected chi connectivity index (χ4v) is 3.67. The standard InChI is InChI=1S/C20H18N4O2/c1-2-13-9-10-17(21-12-13)23-20(26)22-15-7-5-6-14-18(15)16-8-3-4-11-24(16)19(14)25/h1,5-7,9-10,12,16H,3-4,8,11H2,(H2,21,22,23,26). The number of piperidine rings is 1. The van der Waals surface area contributed by atoms with Crippen LogP contribution in [0.4, 0.5) is 16.3 Å². The number of carbonyl (C=O) groups excluding carboxylic acids is 2. The van der Waals surface area contributed by atoms with E-state index >= 15 is 0 Å². The summed E-state index contributed by atoms with van der Waals surface area (Å²) in [5.74, 6) is 2.94. The number of aromatic nitrogens is 1. The van der Waals surface area contributed by atoms with E-state index in [2.05, 4.69) is 21.5 Å². The fourth-order valence-electron chi connectivity index (χ4n) is 3.67. The molecule has 1 fully saturated rings. The van der Waals surface area contributed by atoms with Crippen molar-refractivity contribution in [2.45, 2.75) is 25.3 Å². The van der Waals surface area contributed by atoms with Crippen molar-refractivity contribution < 1.29 is 9.59 Å². The number of rotatable bonds is 2. The molecule has 0 bridgehead atoms. The van der Waals surface area contributed by atoms with Crippen LogP contribution in [0.3, 0.4) is 0 Å². The number of urea groups is 1. The van der Waals surface area contributed by atoms with E-state index < -0.39 is 6.03 Å². The lowest BCUT2D eigenvalue weighted by molar-refractivity contribution is 0.0672. The summed E-state index contributed by atoms with van der Waals surface area (Å²) in [4.78, 5) is 31.0. The third-order valence-corrected chi connectivity index (χ3v) is 4.85. The fraction of sp³-hybridized carbons (Fsp3) is 0.250. The molecule has 4 rings (SSSR count). The maximum absolute atomic E-state index is 12.6. The van der Waals surface area contributed by atoms with Gasteiger partial charge in [-0.1, -0.05) is 12.0 Å². The average Bonchev–Trinajstić information content (AvgIpc) is 2.96. The number of hydrogen-bond acceptors (Lipinski definition) is 3. The number of nitrogens with zero attached hydrogens (tertiary/aromatic N) is 2. The summed E-state index contributed by atoms with van der Waals surface area (Å²) in [6, 6.07) is 8.47. The van der Waals surface area contributed by atoms with E-state index in [1.54, 1.807) is 18.2 Å². The third kappa shape index (κ3) is 2.78. The molecule has 26 heavy (non-hydrogen) atoms. The molecule has 6 heteroatoms. The number of carbonyl (C=O) groups is 2. The van der Waals surface area contributed by atoms with Gasteiger partial charge < -0.3 is 10.2 Å². The number of anilines is 2. The van der Waals surface area contributed by atoms with Crippen molar-refractivity contribution >= 4 is 23.4 Å². The maximum Gasteiger partial charge on any atom is 0.324 e. The molecule has 1 saturated heterocycles.